The van der Waals surface area contributed by atoms with Gasteiger partial charge in [-0.1, -0.05) is 87.5 Å². The van der Waals surface area contributed by atoms with Gasteiger partial charge in [0.25, 0.3) is 0 Å². The fraction of sp³-hybridized carbons (Fsp3) is 0.412. The summed E-state index contributed by atoms with van der Waals surface area (Å²) in [6, 6.07) is 21.8. The first-order valence-corrected chi connectivity index (χ1v) is 14.3. The molecule has 3 aromatic rings. The lowest BCUT2D eigenvalue weighted by atomic mass is 9.78. The molecule has 4 unspecified atom stereocenters. The predicted octanol–water partition coefficient (Wildman–Crippen LogP) is 8.59. The van der Waals surface area contributed by atoms with Crippen LogP contribution >= 0.6 is 0 Å². The monoisotopic (exact) mass is 565 g/mol. The number of aliphatic carboxylic acids is 1. The highest BCUT2D eigenvalue weighted by atomic mass is 19.4. The summed E-state index contributed by atoms with van der Waals surface area (Å²) in [5, 5.41) is 9.70. The maximum atomic E-state index is 13.3. The Morgan fingerprint density at radius 3 is 2.05 bits per heavy atom. The molecule has 4 nitrogen and oxygen atoms in total. The smallest absolute Gasteiger partial charge is 0.416 e. The molecule has 1 aliphatic rings. The third kappa shape index (κ3) is 7.45. The first-order valence-electron chi connectivity index (χ1n) is 14.3. The maximum Gasteiger partial charge on any atom is 0.416 e. The van der Waals surface area contributed by atoms with Gasteiger partial charge in [0.05, 0.1) is 11.5 Å². The minimum atomic E-state index is -4.43. The largest absolute Gasteiger partial charge is 0.481 e. The molecule has 41 heavy (non-hydrogen) atoms. The van der Waals surface area contributed by atoms with Crippen molar-refractivity contribution in [3.8, 4) is 0 Å². The van der Waals surface area contributed by atoms with Gasteiger partial charge < -0.3 is 5.11 Å². The van der Waals surface area contributed by atoms with E-state index in [0.717, 1.165) is 36.1 Å². The lowest BCUT2D eigenvalue weighted by molar-refractivity contribution is -0.144. The number of nitrogens with zero attached hydrogens (tertiary/aromatic N) is 1. The summed E-state index contributed by atoms with van der Waals surface area (Å²) in [5.41, 5.74) is 2.31. The van der Waals surface area contributed by atoms with E-state index in [1.807, 2.05) is 42.5 Å². The van der Waals surface area contributed by atoms with Crippen LogP contribution in [0.5, 0.6) is 0 Å². The molecule has 4 atom stereocenters. The Labute approximate surface area is 240 Å². The number of likely N-dealkylation sites (tertiary alicyclic amines) is 1. The first-order chi connectivity index (χ1) is 19.5. The molecular weight excluding hydrogens is 527 g/mol. The van der Waals surface area contributed by atoms with E-state index >= 15 is 0 Å². The van der Waals surface area contributed by atoms with Gasteiger partial charge in [0.15, 0.2) is 5.78 Å². The van der Waals surface area contributed by atoms with E-state index in [4.69, 9.17) is 0 Å². The molecule has 7 heteroatoms. The van der Waals surface area contributed by atoms with Crippen molar-refractivity contribution in [3.63, 3.8) is 0 Å². The molecule has 1 aliphatic heterocycles. The second-order valence-electron chi connectivity index (χ2n) is 11.6. The van der Waals surface area contributed by atoms with E-state index in [2.05, 4.69) is 18.7 Å². The van der Waals surface area contributed by atoms with E-state index in [9.17, 15) is 27.9 Å². The standard InChI is InChI=1S/C34H38F3NO3/c1-22(2)9-18-30(24-10-12-27(13-11-24)32(39)26-7-5-4-6-8-26)38-20-19-28(23(3)33(40)41)21-31(38)25-14-16-29(17-15-25)34(35,36)37/h4-8,10-17,22-23,28,30-31H,9,18-21H2,1-3H3,(H,40,41). The number of piperidine rings is 1. The fourth-order valence-corrected chi connectivity index (χ4v) is 5.89. The summed E-state index contributed by atoms with van der Waals surface area (Å²) in [7, 11) is 0. The number of carboxylic acid groups (broad SMARTS) is 1. The molecular formula is C34H38F3NO3. The van der Waals surface area contributed by atoms with E-state index in [1.165, 1.54) is 12.1 Å². The molecule has 1 heterocycles. The number of halogens is 3. The molecule has 0 amide bonds. The molecule has 0 spiro atoms. The lowest BCUT2D eigenvalue weighted by Gasteiger charge is -2.45. The second kappa shape index (κ2) is 13.0. The molecule has 0 saturated carbocycles. The topological polar surface area (TPSA) is 57.6 Å². The Bertz CT molecular complexity index is 1300. The van der Waals surface area contributed by atoms with Crippen molar-refractivity contribution in [3.05, 3.63) is 107 Å². The van der Waals surface area contributed by atoms with Gasteiger partial charge in [-0.2, -0.15) is 13.2 Å². The van der Waals surface area contributed by atoms with Gasteiger partial charge in [0, 0.05) is 23.2 Å². The number of rotatable bonds is 10. The summed E-state index contributed by atoms with van der Waals surface area (Å²) in [6.45, 7) is 6.66. The van der Waals surface area contributed by atoms with Gasteiger partial charge in [-0.3, -0.25) is 14.5 Å². The minimum absolute atomic E-state index is 0.0355. The predicted molar refractivity (Wildman–Crippen MR) is 154 cm³/mol. The zero-order valence-electron chi connectivity index (χ0n) is 23.8. The summed E-state index contributed by atoms with van der Waals surface area (Å²) < 4.78 is 40.0. The number of carbonyl (C=O) groups excluding carboxylic acids is 1. The molecule has 218 valence electrons. The average Bonchev–Trinajstić information content (AvgIpc) is 2.97. The van der Waals surface area contributed by atoms with E-state index < -0.39 is 23.6 Å². The number of carbonyl (C=O) groups is 2. The zero-order chi connectivity index (χ0) is 29.7. The van der Waals surface area contributed by atoms with Crippen molar-refractivity contribution in [2.45, 2.75) is 64.7 Å². The van der Waals surface area contributed by atoms with Crippen LogP contribution in [-0.4, -0.2) is 28.3 Å². The fourth-order valence-electron chi connectivity index (χ4n) is 5.89. The Morgan fingerprint density at radius 2 is 1.49 bits per heavy atom. The van der Waals surface area contributed by atoms with E-state index in [0.29, 0.717) is 36.4 Å². The third-order valence-corrected chi connectivity index (χ3v) is 8.42. The summed E-state index contributed by atoms with van der Waals surface area (Å²) in [4.78, 5) is 27.2. The van der Waals surface area contributed by atoms with Crippen molar-refractivity contribution in [1.29, 1.82) is 0 Å². The van der Waals surface area contributed by atoms with Crippen LogP contribution in [-0.2, 0) is 11.0 Å². The van der Waals surface area contributed by atoms with Crippen molar-refractivity contribution >= 4 is 11.8 Å². The second-order valence-corrected chi connectivity index (χ2v) is 11.6. The average molecular weight is 566 g/mol. The van der Waals surface area contributed by atoms with Gasteiger partial charge in [-0.25, -0.2) is 0 Å². The van der Waals surface area contributed by atoms with Crippen LogP contribution in [0, 0.1) is 17.8 Å². The highest BCUT2D eigenvalue weighted by molar-refractivity contribution is 6.08. The number of benzene rings is 3. The van der Waals surface area contributed by atoms with Crippen LogP contribution in [0.15, 0.2) is 78.9 Å². The quantitative estimate of drug-likeness (QED) is 0.250. The van der Waals surface area contributed by atoms with Crippen molar-refractivity contribution in [2.24, 2.45) is 17.8 Å². The number of alkyl halides is 3. The molecule has 0 radical (unpaired) electrons. The Morgan fingerprint density at radius 1 is 0.878 bits per heavy atom. The van der Waals surface area contributed by atoms with Crippen LogP contribution in [0.25, 0.3) is 0 Å². The first kappa shape index (κ1) is 30.5. The molecule has 1 N–H and O–H groups in total. The lowest BCUT2D eigenvalue weighted by Crippen LogP contribution is -2.42. The van der Waals surface area contributed by atoms with Crippen LogP contribution in [0.3, 0.4) is 0 Å². The summed E-state index contributed by atoms with van der Waals surface area (Å²) in [6.07, 6.45) is -1.42. The van der Waals surface area contributed by atoms with Gasteiger partial charge in [-0.05, 0) is 67.3 Å². The highest BCUT2D eigenvalue weighted by Gasteiger charge is 2.38. The van der Waals surface area contributed by atoms with Gasteiger partial charge in [-0.15, -0.1) is 0 Å². The van der Waals surface area contributed by atoms with Gasteiger partial charge in [0.1, 0.15) is 0 Å². The normalized spacial score (nSPS) is 19.6. The van der Waals surface area contributed by atoms with Crippen molar-refractivity contribution < 1.29 is 27.9 Å². The molecule has 4 rings (SSSR count). The summed E-state index contributed by atoms with van der Waals surface area (Å²) in [5.74, 6) is -1.10. The SMILES string of the molecule is CC(C)CCC(c1ccc(C(=O)c2ccccc2)cc1)N1CCC(C(C)C(=O)O)CC1c1ccc(C(F)(F)F)cc1. The van der Waals surface area contributed by atoms with Gasteiger partial charge >= 0.3 is 12.1 Å². The Hall–Kier alpha value is -3.45. The highest BCUT2D eigenvalue weighted by Crippen LogP contribution is 2.44. The molecule has 3 aromatic carbocycles. The van der Waals surface area contributed by atoms with Crippen molar-refractivity contribution in [2.75, 3.05) is 6.54 Å². The molecule has 1 fully saturated rings. The van der Waals surface area contributed by atoms with Crippen LogP contribution in [0.4, 0.5) is 13.2 Å². The zero-order valence-corrected chi connectivity index (χ0v) is 23.8. The number of ketones is 1. The van der Waals surface area contributed by atoms with Crippen LogP contribution in [0.2, 0.25) is 0 Å². The Balaban J connectivity index is 1.69. The van der Waals surface area contributed by atoms with Crippen LogP contribution in [0.1, 0.15) is 91.1 Å². The minimum Gasteiger partial charge on any atom is -0.481 e. The number of hydrogen-bond acceptors (Lipinski definition) is 3. The van der Waals surface area contributed by atoms with E-state index in [1.54, 1.807) is 19.1 Å². The third-order valence-electron chi connectivity index (χ3n) is 8.42. The van der Waals surface area contributed by atoms with E-state index in [-0.39, 0.29) is 23.8 Å². The Kier molecular flexibility index (Phi) is 9.69. The van der Waals surface area contributed by atoms with Crippen LogP contribution < -0.4 is 0 Å². The summed E-state index contributed by atoms with van der Waals surface area (Å²) >= 11 is 0. The number of carboxylic acids is 1. The number of hydrogen-bond donors (Lipinski definition) is 1. The maximum absolute atomic E-state index is 13.3. The molecule has 0 aromatic heterocycles. The molecule has 0 aliphatic carbocycles. The van der Waals surface area contributed by atoms with Crippen molar-refractivity contribution in [1.82, 2.24) is 4.90 Å². The van der Waals surface area contributed by atoms with Gasteiger partial charge in [0.2, 0.25) is 0 Å². The molecule has 0 bridgehead atoms. The molecule has 1 saturated heterocycles.